The van der Waals surface area contributed by atoms with E-state index in [2.05, 4.69) is 115 Å². The van der Waals surface area contributed by atoms with Crippen LogP contribution in [-0.4, -0.2) is 24.9 Å². The molecule has 0 atom stereocenters. The Morgan fingerprint density at radius 1 is 0.333 bits per heavy atom. The Morgan fingerprint density at radius 3 is 1.51 bits per heavy atom. The van der Waals surface area contributed by atoms with Crippen LogP contribution in [0.2, 0.25) is 0 Å². The lowest BCUT2D eigenvalue weighted by Crippen LogP contribution is -2.32. The summed E-state index contributed by atoms with van der Waals surface area (Å²) < 4.78 is 13.2. The molecular formula is C62H37N5O2. The highest BCUT2D eigenvalue weighted by Crippen LogP contribution is 2.64. The third-order valence-electron chi connectivity index (χ3n) is 13.6. The third kappa shape index (κ3) is 6.04. The summed E-state index contributed by atoms with van der Waals surface area (Å²) in [5.74, 6) is 4.09. The van der Waals surface area contributed by atoms with Crippen molar-refractivity contribution < 1.29 is 9.15 Å². The van der Waals surface area contributed by atoms with Gasteiger partial charge in [0.05, 0.1) is 5.41 Å². The van der Waals surface area contributed by atoms with E-state index >= 15 is 0 Å². The Hall–Kier alpha value is -9.33. The summed E-state index contributed by atoms with van der Waals surface area (Å²) in [7, 11) is 0. The standard InChI is InChI=1S/C62H37N5O2/c1-4-17-39(18-5-1)55-57-56(47-23-10-13-28-51(47)69-57)64-58(63-55)42-33-31-38(32-34-42)44-24-16-25-46-45-36-35-43(61-66-59(40-19-6-2-7-20-40)65-60(67-61)41-21-8-3-9-22-41)37-50(45)62(54(44)46)48-26-11-14-29-52(48)68-53-30-15-12-27-49(53)62/h1-37H. The molecule has 0 amide bonds. The fourth-order valence-electron chi connectivity index (χ4n) is 10.6. The van der Waals surface area contributed by atoms with Gasteiger partial charge in [-0.2, -0.15) is 0 Å². The number of fused-ring (bicyclic) bond motifs is 12. The predicted molar refractivity (Wildman–Crippen MR) is 273 cm³/mol. The van der Waals surface area contributed by atoms with Crippen LogP contribution in [0.15, 0.2) is 229 Å². The van der Waals surface area contributed by atoms with Crippen molar-refractivity contribution in [3.63, 3.8) is 0 Å². The van der Waals surface area contributed by atoms with Gasteiger partial charge in [-0.3, -0.25) is 0 Å². The van der Waals surface area contributed by atoms with Crippen molar-refractivity contribution in [1.29, 1.82) is 0 Å². The first-order valence-electron chi connectivity index (χ1n) is 23.1. The van der Waals surface area contributed by atoms with E-state index in [1.807, 2.05) is 109 Å². The Morgan fingerprint density at radius 2 is 0.841 bits per heavy atom. The van der Waals surface area contributed by atoms with Gasteiger partial charge < -0.3 is 9.15 Å². The van der Waals surface area contributed by atoms with Gasteiger partial charge in [-0.25, -0.2) is 24.9 Å². The zero-order valence-corrected chi connectivity index (χ0v) is 36.9. The quantitative estimate of drug-likeness (QED) is 0.164. The van der Waals surface area contributed by atoms with Gasteiger partial charge in [-0.05, 0) is 63.7 Å². The van der Waals surface area contributed by atoms with E-state index in [1.165, 1.54) is 5.56 Å². The highest BCUT2D eigenvalue weighted by molar-refractivity contribution is 6.07. The minimum absolute atomic E-state index is 0.598. The van der Waals surface area contributed by atoms with Gasteiger partial charge in [0, 0.05) is 44.3 Å². The smallest absolute Gasteiger partial charge is 0.180 e. The van der Waals surface area contributed by atoms with Crippen molar-refractivity contribution in [1.82, 2.24) is 24.9 Å². The number of rotatable bonds is 6. The molecule has 9 aromatic carbocycles. The van der Waals surface area contributed by atoms with Gasteiger partial charge in [0.2, 0.25) is 0 Å². The molecule has 0 bridgehead atoms. The topological polar surface area (TPSA) is 86.8 Å². The second-order valence-electron chi connectivity index (χ2n) is 17.5. The SMILES string of the molecule is c1ccc(-c2nc(-c3ccccc3)nc(-c3ccc4c(c3)C3(c5ccccc5Oc5ccccc53)c3c(-c5ccc(-c6nc(-c7ccccc7)c7oc8ccccc8c7n6)cc5)cccc3-4)n2)cc1. The summed E-state index contributed by atoms with van der Waals surface area (Å²) in [6.07, 6.45) is 0. The molecule has 0 radical (unpaired) electrons. The maximum atomic E-state index is 6.79. The normalized spacial score (nSPS) is 12.9. The summed E-state index contributed by atoms with van der Waals surface area (Å²) in [6.45, 7) is 0. The molecule has 14 rings (SSSR count). The van der Waals surface area contributed by atoms with Crippen molar-refractivity contribution in [3.05, 3.63) is 247 Å². The predicted octanol–water partition coefficient (Wildman–Crippen LogP) is 15.0. The van der Waals surface area contributed by atoms with E-state index in [1.54, 1.807) is 0 Å². The van der Waals surface area contributed by atoms with Crippen LogP contribution in [0.25, 0.3) is 101 Å². The lowest BCUT2D eigenvalue weighted by molar-refractivity contribution is 0.436. The Balaban J connectivity index is 0.969. The first-order chi connectivity index (χ1) is 34.2. The van der Waals surface area contributed by atoms with Crippen LogP contribution in [0.5, 0.6) is 11.5 Å². The van der Waals surface area contributed by atoms with E-state index in [4.69, 9.17) is 34.1 Å². The van der Waals surface area contributed by atoms with E-state index < -0.39 is 5.41 Å². The van der Waals surface area contributed by atoms with Gasteiger partial charge >= 0.3 is 0 Å². The number of hydrogen-bond donors (Lipinski definition) is 0. The second-order valence-corrected chi connectivity index (χ2v) is 17.5. The average molecular weight is 884 g/mol. The molecule has 69 heavy (non-hydrogen) atoms. The van der Waals surface area contributed by atoms with Crippen LogP contribution < -0.4 is 4.74 Å². The molecule has 3 aromatic heterocycles. The lowest BCUT2D eigenvalue weighted by atomic mass is 9.64. The summed E-state index contributed by atoms with van der Waals surface area (Å²) >= 11 is 0. The maximum Gasteiger partial charge on any atom is 0.180 e. The number of hydrogen-bond acceptors (Lipinski definition) is 7. The van der Waals surface area contributed by atoms with Crippen LogP contribution >= 0.6 is 0 Å². The van der Waals surface area contributed by atoms with Crippen molar-refractivity contribution >= 4 is 22.1 Å². The number of furan rings is 1. The zero-order chi connectivity index (χ0) is 45.5. The zero-order valence-electron chi connectivity index (χ0n) is 36.9. The van der Waals surface area contributed by atoms with Crippen LogP contribution in [0, 0.1) is 0 Å². The van der Waals surface area contributed by atoms with Gasteiger partial charge in [0.25, 0.3) is 0 Å². The van der Waals surface area contributed by atoms with Crippen molar-refractivity contribution in [3.8, 4) is 90.6 Å². The summed E-state index contributed by atoms with van der Waals surface area (Å²) in [5.41, 5.74) is 15.8. The Bertz CT molecular complexity index is 3880. The molecule has 1 aliphatic carbocycles. The monoisotopic (exact) mass is 883 g/mol. The summed E-state index contributed by atoms with van der Waals surface area (Å²) in [5, 5.41) is 0.957. The van der Waals surface area contributed by atoms with Gasteiger partial charge in [-0.1, -0.05) is 194 Å². The Labute approximate surface area is 397 Å². The van der Waals surface area contributed by atoms with E-state index in [9.17, 15) is 0 Å². The van der Waals surface area contributed by atoms with Crippen LogP contribution in [-0.2, 0) is 5.41 Å². The molecule has 2 aliphatic rings. The number of para-hydroxylation sites is 3. The van der Waals surface area contributed by atoms with Crippen LogP contribution in [0.3, 0.4) is 0 Å². The van der Waals surface area contributed by atoms with Gasteiger partial charge in [0.1, 0.15) is 28.3 Å². The van der Waals surface area contributed by atoms with Gasteiger partial charge in [-0.15, -0.1) is 0 Å². The molecule has 0 saturated carbocycles. The number of benzene rings is 9. The highest BCUT2D eigenvalue weighted by Gasteiger charge is 2.52. The first kappa shape index (κ1) is 38.9. The highest BCUT2D eigenvalue weighted by atomic mass is 16.5. The molecule has 0 fully saturated rings. The minimum Gasteiger partial charge on any atom is -0.457 e. The molecule has 0 unspecified atom stereocenters. The molecule has 322 valence electrons. The largest absolute Gasteiger partial charge is 0.457 e. The number of nitrogens with zero attached hydrogens (tertiary/aromatic N) is 5. The van der Waals surface area contributed by atoms with Crippen LogP contribution in [0.4, 0.5) is 0 Å². The third-order valence-corrected chi connectivity index (χ3v) is 13.6. The Kier molecular flexibility index (Phi) is 8.66. The number of aromatic nitrogens is 5. The first-order valence-corrected chi connectivity index (χ1v) is 23.1. The van der Waals surface area contributed by atoms with E-state index in [0.717, 1.165) is 100 Å². The van der Waals surface area contributed by atoms with E-state index in [-0.39, 0.29) is 0 Å². The molecule has 0 saturated heterocycles. The van der Waals surface area contributed by atoms with Crippen molar-refractivity contribution in [2.75, 3.05) is 0 Å². The molecule has 7 heteroatoms. The maximum absolute atomic E-state index is 6.79. The molecule has 1 spiro atoms. The summed E-state index contributed by atoms with van der Waals surface area (Å²) in [4.78, 5) is 25.7. The fourth-order valence-corrected chi connectivity index (χ4v) is 10.6. The molecule has 0 N–H and O–H groups in total. The van der Waals surface area contributed by atoms with Gasteiger partial charge in [0.15, 0.2) is 28.9 Å². The fraction of sp³-hybridized carbons (Fsp3) is 0.0161. The second kappa shape index (κ2) is 15.4. The van der Waals surface area contributed by atoms with E-state index in [0.29, 0.717) is 28.9 Å². The molecule has 1 aliphatic heterocycles. The minimum atomic E-state index is -0.778. The van der Waals surface area contributed by atoms with Crippen LogP contribution in [0.1, 0.15) is 22.3 Å². The molecule has 7 nitrogen and oxygen atoms in total. The molecule has 12 aromatic rings. The number of ether oxygens (including phenoxy) is 1. The molecule has 4 heterocycles. The average Bonchev–Trinajstić information content (AvgIpc) is 3.95. The lowest BCUT2D eigenvalue weighted by Gasteiger charge is -2.40. The van der Waals surface area contributed by atoms with Crippen molar-refractivity contribution in [2.24, 2.45) is 0 Å². The van der Waals surface area contributed by atoms with Crippen molar-refractivity contribution in [2.45, 2.75) is 5.41 Å². The summed E-state index contributed by atoms with van der Waals surface area (Å²) in [6, 6.07) is 77.5. The molecular weight excluding hydrogens is 847 g/mol.